The van der Waals surface area contributed by atoms with E-state index in [9.17, 15) is 0 Å². The van der Waals surface area contributed by atoms with Gasteiger partial charge in [-0.1, -0.05) is 27.7 Å². The molecule has 4 heteroatoms. The van der Waals surface area contributed by atoms with Gasteiger partial charge < -0.3 is 10.1 Å². The Morgan fingerprint density at radius 2 is 1.95 bits per heavy atom. The molecule has 108 valence electrons. The zero-order chi connectivity index (χ0) is 14.3. The lowest BCUT2D eigenvalue weighted by molar-refractivity contribution is 0.283. The molecule has 0 saturated heterocycles. The summed E-state index contributed by atoms with van der Waals surface area (Å²) in [6.45, 7) is 12.4. The standard InChI is InChI=1S/C15H27N3O/c1-6-16-14-13(12(4)5)15(18-10-17-14)19-9-7-8-11(2)3/h10-12H,6-9H2,1-5H3,(H,16,17,18). The summed E-state index contributed by atoms with van der Waals surface area (Å²) in [5, 5.41) is 3.28. The van der Waals surface area contributed by atoms with Crippen LogP contribution in [0.5, 0.6) is 5.88 Å². The number of hydrogen-bond donors (Lipinski definition) is 1. The van der Waals surface area contributed by atoms with E-state index in [1.54, 1.807) is 6.33 Å². The van der Waals surface area contributed by atoms with Gasteiger partial charge in [-0.3, -0.25) is 0 Å². The maximum Gasteiger partial charge on any atom is 0.222 e. The normalized spacial score (nSPS) is 11.1. The predicted octanol–water partition coefficient (Wildman–Crippen LogP) is 3.85. The van der Waals surface area contributed by atoms with Crippen molar-refractivity contribution in [3.63, 3.8) is 0 Å². The van der Waals surface area contributed by atoms with E-state index >= 15 is 0 Å². The van der Waals surface area contributed by atoms with E-state index in [1.165, 1.54) is 6.42 Å². The maximum atomic E-state index is 5.84. The molecule has 19 heavy (non-hydrogen) atoms. The molecule has 1 N–H and O–H groups in total. The van der Waals surface area contributed by atoms with Gasteiger partial charge in [0.1, 0.15) is 12.1 Å². The van der Waals surface area contributed by atoms with Crippen LogP contribution in [0.1, 0.15) is 58.9 Å². The number of nitrogens with one attached hydrogen (secondary N) is 1. The number of aromatic nitrogens is 2. The van der Waals surface area contributed by atoms with E-state index in [-0.39, 0.29) is 0 Å². The minimum absolute atomic E-state index is 0.343. The molecule has 0 amide bonds. The summed E-state index contributed by atoms with van der Waals surface area (Å²) in [6, 6.07) is 0. The van der Waals surface area contributed by atoms with Gasteiger partial charge in [0, 0.05) is 6.54 Å². The molecule has 0 radical (unpaired) electrons. The minimum atomic E-state index is 0.343. The average molecular weight is 265 g/mol. The third-order valence-corrected chi connectivity index (χ3v) is 2.93. The smallest absolute Gasteiger partial charge is 0.222 e. The Labute approximate surface area is 117 Å². The Hall–Kier alpha value is -1.32. The van der Waals surface area contributed by atoms with E-state index < -0.39 is 0 Å². The third-order valence-electron chi connectivity index (χ3n) is 2.93. The topological polar surface area (TPSA) is 47.0 Å². The Morgan fingerprint density at radius 3 is 2.53 bits per heavy atom. The summed E-state index contributed by atoms with van der Waals surface area (Å²) >= 11 is 0. The van der Waals surface area contributed by atoms with Crippen LogP contribution in [0, 0.1) is 5.92 Å². The van der Waals surface area contributed by atoms with Gasteiger partial charge in [0.05, 0.1) is 12.2 Å². The summed E-state index contributed by atoms with van der Waals surface area (Å²) in [7, 11) is 0. The van der Waals surface area contributed by atoms with Gasteiger partial charge in [-0.15, -0.1) is 0 Å². The molecule has 0 aromatic carbocycles. The van der Waals surface area contributed by atoms with Crippen molar-refractivity contribution in [3.8, 4) is 5.88 Å². The molecular formula is C15H27N3O. The zero-order valence-electron chi connectivity index (χ0n) is 12.9. The molecule has 0 unspecified atom stereocenters. The molecule has 0 bridgehead atoms. The van der Waals surface area contributed by atoms with Crippen LogP contribution < -0.4 is 10.1 Å². The van der Waals surface area contributed by atoms with Crippen LogP contribution in [-0.4, -0.2) is 23.1 Å². The van der Waals surface area contributed by atoms with Crippen molar-refractivity contribution in [1.82, 2.24) is 9.97 Å². The maximum absolute atomic E-state index is 5.84. The Morgan fingerprint density at radius 1 is 1.21 bits per heavy atom. The highest BCUT2D eigenvalue weighted by Crippen LogP contribution is 2.29. The fraction of sp³-hybridized carbons (Fsp3) is 0.733. The van der Waals surface area contributed by atoms with Crippen LogP contribution in [-0.2, 0) is 0 Å². The highest BCUT2D eigenvalue weighted by molar-refractivity contribution is 5.50. The molecule has 1 heterocycles. The van der Waals surface area contributed by atoms with Crippen LogP contribution >= 0.6 is 0 Å². The van der Waals surface area contributed by atoms with E-state index in [0.717, 1.165) is 42.8 Å². The van der Waals surface area contributed by atoms with Gasteiger partial charge >= 0.3 is 0 Å². The van der Waals surface area contributed by atoms with Crippen LogP contribution in [0.25, 0.3) is 0 Å². The van der Waals surface area contributed by atoms with E-state index in [0.29, 0.717) is 5.92 Å². The molecule has 0 atom stereocenters. The number of anilines is 1. The molecule has 1 aromatic heterocycles. The van der Waals surface area contributed by atoms with Crippen molar-refractivity contribution in [2.75, 3.05) is 18.5 Å². The van der Waals surface area contributed by atoms with Crippen molar-refractivity contribution >= 4 is 5.82 Å². The molecule has 0 fully saturated rings. The highest BCUT2D eigenvalue weighted by atomic mass is 16.5. The second kappa shape index (κ2) is 7.97. The van der Waals surface area contributed by atoms with Gasteiger partial charge in [0.15, 0.2) is 0 Å². The molecule has 0 aliphatic heterocycles. The first kappa shape index (κ1) is 15.7. The van der Waals surface area contributed by atoms with Gasteiger partial charge in [0.25, 0.3) is 0 Å². The molecule has 1 aromatic rings. The van der Waals surface area contributed by atoms with Crippen LogP contribution in [0.3, 0.4) is 0 Å². The Balaban J connectivity index is 2.73. The minimum Gasteiger partial charge on any atom is -0.477 e. The van der Waals surface area contributed by atoms with Crippen molar-refractivity contribution in [3.05, 3.63) is 11.9 Å². The average Bonchev–Trinajstić information content (AvgIpc) is 2.34. The molecule has 0 aliphatic rings. The van der Waals surface area contributed by atoms with E-state index in [1.807, 2.05) is 0 Å². The predicted molar refractivity (Wildman–Crippen MR) is 79.9 cm³/mol. The molecular weight excluding hydrogens is 238 g/mol. The fourth-order valence-corrected chi connectivity index (χ4v) is 1.98. The van der Waals surface area contributed by atoms with Crippen LogP contribution in [0.2, 0.25) is 0 Å². The van der Waals surface area contributed by atoms with Crippen molar-refractivity contribution < 1.29 is 4.74 Å². The summed E-state index contributed by atoms with van der Waals surface area (Å²) in [5.41, 5.74) is 1.08. The molecule has 0 aliphatic carbocycles. The highest BCUT2D eigenvalue weighted by Gasteiger charge is 2.15. The largest absolute Gasteiger partial charge is 0.477 e. The lowest BCUT2D eigenvalue weighted by Gasteiger charge is -2.16. The first-order chi connectivity index (χ1) is 9.06. The van der Waals surface area contributed by atoms with Gasteiger partial charge in [-0.25, -0.2) is 9.97 Å². The first-order valence-electron chi connectivity index (χ1n) is 7.27. The number of rotatable bonds is 8. The lowest BCUT2D eigenvalue weighted by Crippen LogP contribution is -2.10. The summed E-state index contributed by atoms with van der Waals surface area (Å²) in [4.78, 5) is 8.59. The third kappa shape index (κ3) is 5.05. The molecule has 0 spiro atoms. The van der Waals surface area contributed by atoms with Crippen LogP contribution in [0.4, 0.5) is 5.82 Å². The van der Waals surface area contributed by atoms with Crippen molar-refractivity contribution in [2.24, 2.45) is 5.92 Å². The number of nitrogens with zero attached hydrogens (tertiary/aromatic N) is 2. The molecule has 4 nitrogen and oxygen atoms in total. The van der Waals surface area contributed by atoms with Crippen molar-refractivity contribution in [2.45, 2.75) is 53.4 Å². The fourth-order valence-electron chi connectivity index (χ4n) is 1.98. The summed E-state index contributed by atoms with van der Waals surface area (Å²) < 4.78 is 5.84. The monoisotopic (exact) mass is 265 g/mol. The van der Waals surface area contributed by atoms with Crippen molar-refractivity contribution in [1.29, 1.82) is 0 Å². The van der Waals surface area contributed by atoms with E-state index in [4.69, 9.17) is 4.74 Å². The molecule has 1 rings (SSSR count). The summed E-state index contributed by atoms with van der Waals surface area (Å²) in [6.07, 6.45) is 3.82. The quantitative estimate of drug-likeness (QED) is 0.725. The van der Waals surface area contributed by atoms with E-state index in [2.05, 4.69) is 49.9 Å². The lowest BCUT2D eigenvalue weighted by atomic mass is 10.1. The van der Waals surface area contributed by atoms with Gasteiger partial charge in [-0.2, -0.15) is 0 Å². The SMILES string of the molecule is CCNc1ncnc(OCCCC(C)C)c1C(C)C. The number of ether oxygens (including phenoxy) is 1. The first-order valence-corrected chi connectivity index (χ1v) is 7.27. The zero-order valence-corrected chi connectivity index (χ0v) is 12.9. The second-order valence-corrected chi connectivity index (χ2v) is 5.51. The van der Waals surface area contributed by atoms with Gasteiger partial charge in [0.2, 0.25) is 5.88 Å². The Bertz CT molecular complexity index is 378. The Kier molecular flexibility index (Phi) is 6.60. The number of hydrogen-bond acceptors (Lipinski definition) is 4. The van der Waals surface area contributed by atoms with Crippen LogP contribution in [0.15, 0.2) is 6.33 Å². The van der Waals surface area contributed by atoms with Gasteiger partial charge in [-0.05, 0) is 31.6 Å². The second-order valence-electron chi connectivity index (χ2n) is 5.51. The summed E-state index contributed by atoms with van der Waals surface area (Å²) in [5.74, 6) is 2.68. The molecule has 0 saturated carbocycles.